The van der Waals surface area contributed by atoms with Gasteiger partial charge in [0.05, 0.1) is 44.6 Å². The highest BCUT2D eigenvalue weighted by Crippen LogP contribution is 2.41. The average molecular weight is 559 g/mol. The monoisotopic (exact) mass is 558 g/mol. The molecule has 0 saturated carbocycles. The van der Waals surface area contributed by atoms with Crippen molar-refractivity contribution < 1.29 is 0 Å². The van der Waals surface area contributed by atoms with Crippen molar-refractivity contribution in [2.45, 2.75) is 0 Å². The maximum Gasteiger partial charge on any atom is 0.101 e. The van der Waals surface area contributed by atoms with Crippen molar-refractivity contribution >= 4 is 65.2 Å². The number of nitrogens with zero attached hydrogens (tertiary/aromatic N) is 4. The Bertz CT molecular complexity index is 2550. The minimum Gasteiger partial charge on any atom is -0.307 e. The van der Waals surface area contributed by atoms with Crippen LogP contribution in [0.3, 0.4) is 0 Å². The summed E-state index contributed by atoms with van der Waals surface area (Å²) in [6, 6.07) is 50.6. The predicted octanol–water partition coefficient (Wildman–Crippen LogP) is 9.93. The van der Waals surface area contributed by atoms with E-state index in [9.17, 15) is 10.5 Å². The summed E-state index contributed by atoms with van der Waals surface area (Å²) < 4.78 is 4.33. The average Bonchev–Trinajstić information content (AvgIpc) is 3.61. The van der Waals surface area contributed by atoms with Crippen LogP contribution in [-0.2, 0) is 0 Å². The summed E-state index contributed by atoms with van der Waals surface area (Å²) in [5, 5.41) is 30.3. The van der Waals surface area contributed by atoms with Crippen LogP contribution in [0.5, 0.6) is 0 Å². The number of benzene rings is 7. The molecule has 0 unspecified atom stereocenters. The fourth-order valence-electron chi connectivity index (χ4n) is 7.09. The van der Waals surface area contributed by atoms with E-state index in [1.165, 1.54) is 0 Å². The lowest BCUT2D eigenvalue weighted by molar-refractivity contribution is 1.13. The van der Waals surface area contributed by atoms with Gasteiger partial charge >= 0.3 is 0 Å². The van der Waals surface area contributed by atoms with Crippen LogP contribution in [0.15, 0.2) is 133 Å². The first kappa shape index (κ1) is 24.3. The van der Waals surface area contributed by atoms with E-state index in [-0.39, 0.29) is 0 Å². The molecule has 0 spiro atoms. The molecular formula is C40H22N4. The second kappa shape index (κ2) is 9.07. The Morgan fingerprint density at radius 1 is 0.386 bits per heavy atom. The first-order valence-electron chi connectivity index (χ1n) is 14.6. The van der Waals surface area contributed by atoms with Crippen molar-refractivity contribution in [2.24, 2.45) is 0 Å². The number of hydrogen-bond donors (Lipinski definition) is 0. The molecule has 9 rings (SSSR count). The van der Waals surface area contributed by atoms with Gasteiger partial charge in [-0.3, -0.25) is 0 Å². The molecule has 44 heavy (non-hydrogen) atoms. The highest BCUT2D eigenvalue weighted by Gasteiger charge is 2.22. The zero-order valence-electron chi connectivity index (χ0n) is 23.5. The molecule has 0 fully saturated rings. The lowest BCUT2D eigenvalue weighted by Crippen LogP contribution is -2.04. The molecule has 0 amide bonds. The molecule has 0 aliphatic heterocycles. The van der Waals surface area contributed by atoms with Gasteiger partial charge in [0.15, 0.2) is 0 Å². The van der Waals surface area contributed by atoms with Gasteiger partial charge in [-0.25, -0.2) is 0 Å². The third-order valence-corrected chi connectivity index (χ3v) is 8.96. The van der Waals surface area contributed by atoms with Crippen LogP contribution in [0, 0.1) is 22.7 Å². The summed E-state index contributed by atoms with van der Waals surface area (Å²) >= 11 is 0. The summed E-state index contributed by atoms with van der Waals surface area (Å²) in [6.45, 7) is 0. The Morgan fingerprint density at radius 2 is 0.773 bits per heavy atom. The Labute approximate surface area is 252 Å². The van der Waals surface area contributed by atoms with Crippen LogP contribution in [0.4, 0.5) is 0 Å². The van der Waals surface area contributed by atoms with Gasteiger partial charge in [-0.2, -0.15) is 10.5 Å². The lowest BCUT2D eigenvalue weighted by atomic mass is 10.0. The minimum atomic E-state index is 0.501. The largest absolute Gasteiger partial charge is 0.307 e. The van der Waals surface area contributed by atoms with E-state index in [4.69, 9.17) is 0 Å². The Kier molecular flexibility index (Phi) is 5.00. The van der Waals surface area contributed by atoms with E-state index in [0.29, 0.717) is 22.5 Å². The van der Waals surface area contributed by atoms with Crippen LogP contribution in [-0.4, -0.2) is 9.13 Å². The van der Waals surface area contributed by atoms with Crippen molar-refractivity contribution in [2.75, 3.05) is 0 Å². The maximum absolute atomic E-state index is 10.7. The summed E-state index contributed by atoms with van der Waals surface area (Å²) in [5.41, 5.74) is 6.44. The lowest BCUT2D eigenvalue weighted by Gasteiger charge is -2.16. The van der Waals surface area contributed by atoms with Gasteiger partial charge in [0.25, 0.3) is 0 Å². The van der Waals surface area contributed by atoms with Gasteiger partial charge < -0.3 is 9.13 Å². The fourth-order valence-corrected chi connectivity index (χ4v) is 7.09. The van der Waals surface area contributed by atoms with Crippen LogP contribution in [0.2, 0.25) is 0 Å². The molecule has 0 bridgehead atoms. The highest BCUT2D eigenvalue weighted by atomic mass is 15.0. The normalized spacial score (nSPS) is 11.6. The molecule has 0 saturated heterocycles. The molecule has 0 aliphatic carbocycles. The van der Waals surface area contributed by atoms with Crippen molar-refractivity contribution in [1.29, 1.82) is 10.5 Å². The zero-order chi connectivity index (χ0) is 29.4. The second-order valence-electron chi connectivity index (χ2n) is 11.2. The molecule has 0 radical (unpaired) electrons. The van der Waals surface area contributed by atoms with Crippen LogP contribution in [0.25, 0.3) is 76.5 Å². The third kappa shape index (κ3) is 3.20. The van der Waals surface area contributed by atoms with E-state index in [0.717, 1.165) is 65.2 Å². The van der Waals surface area contributed by atoms with Crippen molar-refractivity contribution in [3.8, 4) is 23.5 Å². The van der Waals surface area contributed by atoms with E-state index in [1.807, 2.05) is 60.7 Å². The SMILES string of the molecule is N#Cc1cc(-n2c3ccccc3c3ccc4ccccc4c32)c(C#N)cc1-n1c2ccccc2c2ccc3ccccc3c21. The molecule has 0 aliphatic rings. The molecule has 2 heterocycles. The molecule has 202 valence electrons. The fraction of sp³-hybridized carbons (Fsp3) is 0. The molecule has 4 nitrogen and oxygen atoms in total. The number of fused-ring (bicyclic) bond motifs is 10. The van der Waals surface area contributed by atoms with E-state index in [1.54, 1.807) is 0 Å². The summed E-state index contributed by atoms with van der Waals surface area (Å²) in [5.74, 6) is 0. The molecule has 0 atom stereocenters. The standard InChI is InChI=1S/C40H22N4/c41-23-27-22-38(44-36-16-8-6-14-32(36)34-20-18-26-10-2-4-12-30(26)40(34)44)28(24-42)21-37(27)43-35-15-7-5-13-31(35)33-19-17-25-9-1-3-11-29(25)39(33)43/h1-22H. The van der Waals surface area contributed by atoms with E-state index < -0.39 is 0 Å². The highest BCUT2D eigenvalue weighted by molar-refractivity contribution is 6.20. The van der Waals surface area contributed by atoms with Gasteiger partial charge in [-0.15, -0.1) is 0 Å². The van der Waals surface area contributed by atoms with Crippen LogP contribution >= 0.6 is 0 Å². The van der Waals surface area contributed by atoms with Gasteiger partial charge in [0.1, 0.15) is 12.1 Å². The predicted molar refractivity (Wildman–Crippen MR) is 180 cm³/mol. The third-order valence-electron chi connectivity index (χ3n) is 8.96. The van der Waals surface area contributed by atoms with Gasteiger partial charge in [0, 0.05) is 32.3 Å². The molecule has 4 heteroatoms. The Morgan fingerprint density at radius 3 is 1.20 bits per heavy atom. The summed E-state index contributed by atoms with van der Waals surface area (Å²) in [6.07, 6.45) is 0. The molecule has 2 aromatic heterocycles. The summed E-state index contributed by atoms with van der Waals surface area (Å²) in [4.78, 5) is 0. The number of nitriles is 2. The topological polar surface area (TPSA) is 57.4 Å². The minimum absolute atomic E-state index is 0.501. The zero-order valence-corrected chi connectivity index (χ0v) is 23.5. The van der Waals surface area contributed by atoms with Gasteiger partial charge in [-0.1, -0.05) is 109 Å². The molecule has 7 aromatic carbocycles. The number of para-hydroxylation sites is 2. The molecule has 9 aromatic rings. The first-order valence-corrected chi connectivity index (χ1v) is 14.6. The van der Waals surface area contributed by atoms with Crippen LogP contribution in [0.1, 0.15) is 11.1 Å². The quantitative estimate of drug-likeness (QED) is 0.212. The molecule has 0 N–H and O–H groups in total. The first-order chi connectivity index (χ1) is 21.8. The van der Waals surface area contributed by atoms with Gasteiger partial charge in [0.2, 0.25) is 0 Å². The molecular weight excluding hydrogens is 536 g/mol. The summed E-state index contributed by atoms with van der Waals surface area (Å²) in [7, 11) is 0. The van der Waals surface area contributed by atoms with Crippen molar-refractivity contribution in [3.63, 3.8) is 0 Å². The Hall–Kier alpha value is -6.36. The second-order valence-corrected chi connectivity index (χ2v) is 11.2. The smallest absolute Gasteiger partial charge is 0.101 e. The van der Waals surface area contributed by atoms with Gasteiger partial charge in [-0.05, 0) is 35.0 Å². The Balaban J connectivity index is 1.44. The number of hydrogen-bond acceptors (Lipinski definition) is 2. The van der Waals surface area contributed by atoms with E-state index in [2.05, 4.69) is 94.1 Å². The van der Waals surface area contributed by atoms with Crippen LogP contribution < -0.4 is 0 Å². The number of rotatable bonds is 2. The van der Waals surface area contributed by atoms with Crippen molar-refractivity contribution in [3.05, 3.63) is 145 Å². The van der Waals surface area contributed by atoms with Crippen molar-refractivity contribution in [1.82, 2.24) is 9.13 Å². The number of aromatic nitrogens is 2. The maximum atomic E-state index is 10.7. The van der Waals surface area contributed by atoms with E-state index >= 15 is 0 Å².